The van der Waals surface area contributed by atoms with Crippen molar-refractivity contribution in [2.45, 2.75) is 284 Å². The lowest BCUT2D eigenvalue weighted by atomic mass is 10.0. The molecule has 0 aliphatic carbocycles. The molecule has 1 radical (unpaired) electrons. The van der Waals surface area contributed by atoms with E-state index >= 15 is 0 Å². The average Bonchev–Trinajstić information content (AvgIpc) is 3.62. The number of hydrogen-bond donors (Lipinski definition) is 0. The van der Waals surface area contributed by atoms with Crippen molar-refractivity contribution in [3.8, 4) is 0 Å². The van der Waals surface area contributed by atoms with Crippen molar-refractivity contribution in [3.05, 3.63) is 47.9 Å². The van der Waals surface area contributed by atoms with Gasteiger partial charge >= 0.3 is 0 Å². The van der Waals surface area contributed by atoms with E-state index in [4.69, 9.17) is 0 Å². The average molecular weight is 735 g/mol. The molecule has 0 bridgehead atoms. The lowest BCUT2D eigenvalue weighted by molar-refractivity contribution is 0.522. The molecule has 1 rings (SSSR count). The molecule has 0 unspecified atom stereocenters. The predicted octanol–water partition coefficient (Wildman–Crippen LogP) is 18.9. The first-order valence-corrected chi connectivity index (χ1v) is 24.8. The van der Waals surface area contributed by atoms with Gasteiger partial charge in [0.05, 0.1) is 5.70 Å². The van der Waals surface area contributed by atoms with E-state index in [0.717, 1.165) is 5.70 Å². The maximum atomic E-state index is 4.61. The molecule has 0 aromatic heterocycles. The zero-order valence-corrected chi connectivity index (χ0v) is 36.6. The molecule has 0 aromatic rings. The van der Waals surface area contributed by atoms with Crippen LogP contribution in [0.25, 0.3) is 0 Å². The summed E-state index contributed by atoms with van der Waals surface area (Å²) in [5, 5.41) is 4.61. The molecule has 1 nitrogen and oxygen atoms in total. The summed E-state index contributed by atoms with van der Waals surface area (Å²) < 4.78 is 0. The Hall–Kier alpha value is -1.24. The largest absolute Gasteiger partial charge is 0.256 e. The van der Waals surface area contributed by atoms with Crippen molar-refractivity contribution in [1.29, 1.82) is 0 Å². The van der Waals surface area contributed by atoms with Gasteiger partial charge in [-0.25, -0.2) is 0 Å². The Morgan fingerprint density at radius 2 is 0.566 bits per heavy atom. The van der Waals surface area contributed by atoms with E-state index in [1.165, 1.54) is 275 Å². The number of nitrogens with zero attached hydrogens (tertiary/aromatic N) is 1. The highest BCUT2D eigenvalue weighted by Gasteiger charge is 2.04. The zero-order valence-electron chi connectivity index (χ0n) is 36.6. The van der Waals surface area contributed by atoms with E-state index in [1.54, 1.807) is 0 Å². The first-order chi connectivity index (χ1) is 26.4. The molecule has 1 aliphatic heterocycles. The van der Waals surface area contributed by atoms with Gasteiger partial charge in [-0.05, 0) is 37.8 Å². The molecule has 1 heteroatoms. The van der Waals surface area contributed by atoms with E-state index < -0.39 is 0 Å². The smallest absolute Gasteiger partial charge is 0.0699 e. The Morgan fingerprint density at radius 1 is 0.321 bits per heavy atom. The van der Waals surface area contributed by atoms with Crippen LogP contribution in [0.2, 0.25) is 0 Å². The van der Waals surface area contributed by atoms with Gasteiger partial charge in [-0.1, -0.05) is 276 Å². The minimum Gasteiger partial charge on any atom is -0.256 e. The van der Waals surface area contributed by atoms with Crippen LogP contribution in [0.1, 0.15) is 284 Å². The molecule has 0 atom stereocenters. The van der Waals surface area contributed by atoms with Gasteiger partial charge < -0.3 is 0 Å². The van der Waals surface area contributed by atoms with Crippen LogP contribution in [0.15, 0.2) is 47.9 Å². The van der Waals surface area contributed by atoms with E-state index in [1.807, 2.05) is 6.20 Å². The Labute approximate surface area is 335 Å². The van der Waals surface area contributed by atoms with E-state index in [-0.39, 0.29) is 0 Å². The summed E-state index contributed by atoms with van der Waals surface area (Å²) in [6.45, 7) is 4.61. The van der Waals surface area contributed by atoms with Gasteiger partial charge in [-0.3, -0.25) is 5.32 Å². The topological polar surface area (TPSA) is 14.1 Å². The third-order valence-electron chi connectivity index (χ3n) is 11.8. The lowest BCUT2D eigenvalue weighted by Crippen LogP contribution is -1.89. The van der Waals surface area contributed by atoms with Crippen molar-refractivity contribution in [1.82, 2.24) is 5.32 Å². The van der Waals surface area contributed by atoms with Crippen LogP contribution >= 0.6 is 0 Å². The highest BCUT2D eigenvalue weighted by atomic mass is 14.9. The molecule has 0 saturated carbocycles. The number of allylic oxidation sites excluding steroid dienone is 6. The van der Waals surface area contributed by atoms with Gasteiger partial charge in [0.25, 0.3) is 0 Å². The van der Waals surface area contributed by atoms with Crippen LogP contribution in [-0.2, 0) is 0 Å². The molecule has 0 amide bonds. The van der Waals surface area contributed by atoms with Crippen LogP contribution in [-0.4, -0.2) is 0 Å². The molecule has 53 heavy (non-hydrogen) atoms. The van der Waals surface area contributed by atoms with Crippen molar-refractivity contribution in [2.24, 2.45) is 0 Å². The SMILES string of the molecule is CCCCCCCCCCCCCCCCCCCCCCC=CC1=C(C=CCCCCCCCCCCCCCCCCCCCCCC)[N]C=C1. The van der Waals surface area contributed by atoms with Crippen molar-refractivity contribution < 1.29 is 0 Å². The second-order valence-electron chi connectivity index (χ2n) is 17.1. The fourth-order valence-corrected chi connectivity index (χ4v) is 8.08. The molecule has 0 N–H and O–H groups in total. The zero-order chi connectivity index (χ0) is 37.8. The van der Waals surface area contributed by atoms with Crippen molar-refractivity contribution in [2.75, 3.05) is 0 Å². The normalized spacial score (nSPS) is 13.1. The Bertz CT molecular complexity index is 830. The predicted molar refractivity (Wildman–Crippen MR) is 242 cm³/mol. The van der Waals surface area contributed by atoms with E-state index in [2.05, 4.69) is 49.5 Å². The van der Waals surface area contributed by atoms with E-state index in [0.29, 0.717) is 0 Å². The quantitative estimate of drug-likeness (QED) is 0.0554. The van der Waals surface area contributed by atoms with Gasteiger partial charge in [0.1, 0.15) is 0 Å². The summed E-state index contributed by atoms with van der Waals surface area (Å²) in [4.78, 5) is 0. The number of hydrogen-bond acceptors (Lipinski definition) is 0. The maximum Gasteiger partial charge on any atom is 0.0699 e. The fraction of sp³-hybridized carbons (Fsp3) is 0.846. The van der Waals surface area contributed by atoms with Crippen LogP contribution in [0, 0.1) is 0 Å². The maximum absolute atomic E-state index is 4.61. The number of rotatable bonds is 44. The molecule has 0 fully saturated rings. The van der Waals surface area contributed by atoms with Crippen molar-refractivity contribution >= 4 is 0 Å². The summed E-state index contributed by atoms with van der Waals surface area (Å²) in [5.41, 5.74) is 2.44. The Morgan fingerprint density at radius 3 is 0.849 bits per heavy atom. The molecule has 1 heterocycles. The van der Waals surface area contributed by atoms with E-state index in [9.17, 15) is 0 Å². The second kappa shape index (κ2) is 43.5. The highest BCUT2D eigenvalue weighted by molar-refractivity contribution is 5.44. The summed E-state index contributed by atoms with van der Waals surface area (Å²) in [6.07, 6.45) is 73.7. The molecule has 1 aliphatic rings. The molecular formula is C52H96N. The molecule has 309 valence electrons. The first-order valence-electron chi connectivity index (χ1n) is 24.8. The minimum absolute atomic E-state index is 1.15. The number of unbranched alkanes of at least 4 members (excludes halogenated alkanes) is 40. The Balaban J connectivity index is 1.83. The van der Waals surface area contributed by atoms with Crippen molar-refractivity contribution in [3.63, 3.8) is 0 Å². The van der Waals surface area contributed by atoms with Crippen LogP contribution in [0.5, 0.6) is 0 Å². The van der Waals surface area contributed by atoms with Gasteiger partial charge in [-0.15, -0.1) is 0 Å². The van der Waals surface area contributed by atoms with Crippen LogP contribution < -0.4 is 5.32 Å². The van der Waals surface area contributed by atoms with Gasteiger partial charge in [0.15, 0.2) is 0 Å². The summed E-state index contributed by atoms with van der Waals surface area (Å²) in [7, 11) is 0. The summed E-state index contributed by atoms with van der Waals surface area (Å²) in [6, 6.07) is 0. The molecule has 0 saturated heterocycles. The molecule has 0 aromatic carbocycles. The third kappa shape index (κ3) is 37.5. The minimum atomic E-state index is 1.15. The van der Waals surface area contributed by atoms with Gasteiger partial charge in [0, 0.05) is 11.8 Å². The first kappa shape index (κ1) is 49.8. The Kier molecular flexibility index (Phi) is 40.8. The molecule has 0 spiro atoms. The second-order valence-corrected chi connectivity index (χ2v) is 17.1. The lowest BCUT2D eigenvalue weighted by Gasteiger charge is -2.04. The fourth-order valence-electron chi connectivity index (χ4n) is 8.08. The van der Waals surface area contributed by atoms with Gasteiger partial charge in [-0.2, -0.15) is 0 Å². The molecular weight excluding hydrogens is 639 g/mol. The highest BCUT2D eigenvalue weighted by Crippen LogP contribution is 2.19. The standard InChI is InChI=1S/C52H96N/c1-3-5-7-9-11-13-15-17-19-21-23-25-27-29-31-33-35-37-39-41-43-45-47-51-49-50-53-52(51)48-46-44-42-40-38-36-34-32-30-28-26-24-22-20-18-16-14-12-10-8-6-4-2/h45-50H,3-44H2,1-2H3. The van der Waals surface area contributed by atoms with Gasteiger partial charge in [0.2, 0.25) is 0 Å². The van der Waals surface area contributed by atoms with Crippen LogP contribution in [0.4, 0.5) is 0 Å². The van der Waals surface area contributed by atoms with Crippen LogP contribution in [0.3, 0.4) is 0 Å². The summed E-state index contributed by atoms with van der Waals surface area (Å²) >= 11 is 0. The third-order valence-corrected chi connectivity index (χ3v) is 11.8. The summed E-state index contributed by atoms with van der Waals surface area (Å²) in [5.74, 6) is 0. The monoisotopic (exact) mass is 735 g/mol.